The lowest BCUT2D eigenvalue weighted by Gasteiger charge is -2.14. The van der Waals surface area contributed by atoms with E-state index in [9.17, 15) is 4.39 Å². The summed E-state index contributed by atoms with van der Waals surface area (Å²) in [6, 6.07) is 8.87. The fourth-order valence-electron chi connectivity index (χ4n) is 2.53. The van der Waals surface area contributed by atoms with Crippen molar-refractivity contribution in [2.75, 3.05) is 6.54 Å². The van der Waals surface area contributed by atoms with Gasteiger partial charge in [-0.2, -0.15) is 5.26 Å². The van der Waals surface area contributed by atoms with Gasteiger partial charge < -0.3 is 9.88 Å². The highest BCUT2D eigenvalue weighted by molar-refractivity contribution is 5.34. The first-order chi connectivity index (χ1) is 10.2. The Hall–Kier alpha value is -2.12. The number of halogens is 1. The van der Waals surface area contributed by atoms with Crippen molar-refractivity contribution in [3.05, 3.63) is 59.2 Å². The van der Waals surface area contributed by atoms with Crippen LogP contribution in [0.4, 0.5) is 4.39 Å². The van der Waals surface area contributed by atoms with Gasteiger partial charge in [-0.25, -0.2) is 4.39 Å². The van der Waals surface area contributed by atoms with Crippen molar-refractivity contribution in [1.29, 1.82) is 5.26 Å². The van der Waals surface area contributed by atoms with E-state index in [0.717, 1.165) is 18.5 Å². The molecule has 0 bridgehead atoms. The molecule has 3 nitrogen and oxygen atoms in total. The van der Waals surface area contributed by atoms with Crippen LogP contribution in [0.25, 0.3) is 0 Å². The highest BCUT2D eigenvalue weighted by atomic mass is 19.1. The summed E-state index contributed by atoms with van der Waals surface area (Å²) in [6.45, 7) is 5.74. The first kappa shape index (κ1) is 15.3. The summed E-state index contributed by atoms with van der Waals surface area (Å²) in [5, 5.41) is 12.3. The maximum atomic E-state index is 13.4. The van der Waals surface area contributed by atoms with Crippen molar-refractivity contribution in [1.82, 2.24) is 9.88 Å². The van der Waals surface area contributed by atoms with Gasteiger partial charge in [0.05, 0.1) is 11.6 Å². The molecule has 110 valence electrons. The molecule has 0 aliphatic heterocycles. The van der Waals surface area contributed by atoms with Gasteiger partial charge in [0.25, 0.3) is 0 Å². The first-order valence-corrected chi connectivity index (χ1v) is 7.24. The Labute approximate surface area is 125 Å². The fourth-order valence-corrected chi connectivity index (χ4v) is 2.53. The molecule has 0 radical (unpaired) electrons. The Morgan fingerprint density at radius 2 is 2.14 bits per heavy atom. The van der Waals surface area contributed by atoms with Gasteiger partial charge in [0.1, 0.15) is 5.82 Å². The number of hydrogen-bond acceptors (Lipinski definition) is 2. The third kappa shape index (κ3) is 3.93. The van der Waals surface area contributed by atoms with Crippen LogP contribution in [0, 0.1) is 17.1 Å². The molecule has 0 saturated carbocycles. The zero-order valence-electron chi connectivity index (χ0n) is 12.4. The van der Waals surface area contributed by atoms with E-state index in [0.29, 0.717) is 18.2 Å². The van der Waals surface area contributed by atoms with Gasteiger partial charge in [0, 0.05) is 25.0 Å². The molecule has 1 unspecified atom stereocenters. The molecule has 1 N–H and O–H groups in total. The molecular weight excluding hydrogens is 265 g/mol. The summed E-state index contributed by atoms with van der Waals surface area (Å²) in [7, 11) is 0. The first-order valence-electron chi connectivity index (χ1n) is 7.24. The van der Waals surface area contributed by atoms with Crippen molar-refractivity contribution in [3.8, 4) is 6.07 Å². The number of benzene rings is 1. The van der Waals surface area contributed by atoms with Crippen LogP contribution in [0.5, 0.6) is 0 Å². The second kappa shape index (κ2) is 7.05. The van der Waals surface area contributed by atoms with Gasteiger partial charge in [-0.3, -0.25) is 0 Å². The maximum Gasteiger partial charge on any atom is 0.124 e. The monoisotopic (exact) mass is 285 g/mol. The van der Waals surface area contributed by atoms with E-state index in [1.807, 2.05) is 16.8 Å². The summed E-state index contributed by atoms with van der Waals surface area (Å²) in [5.74, 6) is -0.365. The smallest absolute Gasteiger partial charge is 0.124 e. The quantitative estimate of drug-likeness (QED) is 0.881. The van der Waals surface area contributed by atoms with E-state index >= 15 is 0 Å². The van der Waals surface area contributed by atoms with Crippen molar-refractivity contribution in [2.24, 2.45) is 0 Å². The Kier molecular flexibility index (Phi) is 5.13. The van der Waals surface area contributed by atoms with Gasteiger partial charge >= 0.3 is 0 Å². The van der Waals surface area contributed by atoms with E-state index in [-0.39, 0.29) is 5.82 Å². The number of aromatic nitrogens is 1. The normalized spacial score (nSPS) is 12.1. The Balaban J connectivity index is 2.16. The average molecular weight is 285 g/mol. The molecule has 0 aliphatic rings. The van der Waals surface area contributed by atoms with Crippen LogP contribution in [0.2, 0.25) is 0 Å². The molecule has 1 heterocycles. The summed E-state index contributed by atoms with van der Waals surface area (Å²) in [5.41, 5.74) is 2.39. The summed E-state index contributed by atoms with van der Waals surface area (Å²) < 4.78 is 15.5. The highest BCUT2D eigenvalue weighted by Crippen LogP contribution is 2.18. The third-order valence-electron chi connectivity index (χ3n) is 3.49. The SMILES string of the molecule is CCNC(CC)c1ccn(Cc2cc(F)cc(C#N)c2)c1. The van der Waals surface area contributed by atoms with Gasteiger partial charge in [-0.05, 0) is 48.4 Å². The van der Waals surface area contributed by atoms with Crippen LogP contribution in [-0.4, -0.2) is 11.1 Å². The van der Waals surface area contributed by atoms with Crippen LogP contribution < -0.4 is 5.32 Å². The molecule has 0 aliphatic carbocycles. The molecule has 2 aromatic rings. The Morgan fingerprint density at radius 3 is 2.81 bits per heavy atom. The largest absolute Gasteiger partial charge is 0.350 e. The second-order valence-corrected chi connectivity index (χ2v) is 5.10. The standard InChI is InChI=1S/C17H20FN3/c1-3-17(20-4-2)15-5-6-21(12-15)11-14-7-13(10-19)8-16(18)9-14/h5-9,12,17,20H,3-4,11H2,1-2H3. The Bertz CT molecular complexity index is 640. The van der Waals surface area contributed by atoms with Crippen LogP contribution in [-0.2, 0) is 6.54 Å². The number of nitrogens with zero attached hydrogens (tertiary/aromatic N) is 2. The lowest BCUT2D eigenvalue weighted by Crippen LogP contribution is -2.19. The molecule has 21 heavy (non-hydrogen) atoms. The zero-order chi connectivity index (χ0) is 15.2. The molecule has 1 aromatic carbocycles. The van der Waals surface area contributed by atoms with Crippen molar-refractivity contribution in [3.63, 3.8) is 0 Å². The number of rotatable bonds is 6. The lowest BCUT2D eigenvalue weighted by molar-refractivity contribution is 0.536. The molecule has 1 aromatic heterocycles. The van der Waals surface area contributed by atoms with Crippen LogP contribution in [0.15, 0.2) is 36.7 Å². The number of nitrogens with one attached hydrogen (secondary N) is 1. The third-order valence-corrected chi connectivity index (χ3v) is 3.49. The summed E-state index contributed by atoms with van der Waals surface area (Å²) >= 11 is 0. The number of nitriles is 1. The molecular formula is C17H20FN3. The molecule has 0 spiro atoms. The molecule has 0 amide bonds. The van der Waals surface area contributed by atoms with Gasteiger partial charge in [-0.1, -0.05) is 13.8 Å². The second-order valence-electron chi connectivity index (χ2n) is 5.10. The van der Waals surface area contributed by atoms with Gasteiger partial charge in [-0.15, -0.1) is 0 Å². The molecule has 2 rings (SSSR count). The molecule has 0 fully saturated rings. The summed E-state index contributed by atoms with van der Waals surface area (Å²) in [6.07, 6.45) is 5.09. The van der Waals surface area contributed by atoms with Gasteiger partial charge in [0.15, 0.2) is 0 Å². The predicted molar refractivity (Wildman–Crippen MR) is 81.4 cm³/mol. The van der Waals surface area contributed by atoms with E-state index in [1.54, 1.807) is 6.07 Å². The fraction of sp³-hybridized carbons (Fsp3) is 0.353. The minimum atomic E-state index is -0.365. The molecule has 1 atom stereocenters. The minimum Gasteiger partial charge on any atom is -0.350 e. The van der Waals surface area contributed by atoms with Crippen LogP contribution in [0.1, 0.15) is 43.0 Å². The molecule has 0 saturated heterocycles. The number of hydrogen-bond donors (Lipinski definition) is 1. The van der Waals surface area contributed by atoms with E-state index < -0.39 is 0 Å². The van der Waals surface area contributed by atoms with Gasteiger partial charge in [0.2, 0.25) is 0 Å². The van der Waals surface area contributed by atoms with Crippen molar-refractivity contribution < 1.29 is 4.39 Å². The maximum absolute atomic E-state index is 13.4. The van der Waals surface area contributed by atoms with Crippen molar-refractivity contribution in [2.45, 2.75) is 32.9 Å². The zero-order valence-corrected chi connectivity index (χ0v) is 12.4. The summed E-state index contributed by atoms with van der Waals surface area (Å²) in [4.78, 5) is 0. The predicted octanol–water partition coefficient (Wildman–Crippen LogP) is 3.61. The van der Waals surface area contributed by atoms with E-state index in [1.165, 1.54) is 17.7 Å². The van der Waals surface area contributed by atoms with E-state index in [2.05, 4.69) is 31.4 Å². The van der Waals surface area contributed by atoms with E-state index in [4.69, 9.17) is 5.26 Å². The molecule has 4 heteroatoms. The van der Waals surface area contributed by atoms with Crippen molar-refractivity contribution >= 4 is 0 Å². The topological polar surface area (TPSA) is 40.8 Å². The Morgan fingerprint density at radius 1 is 1.33 bits per heavy atom. The van der Waals surface area contributed by atoms with Crippen LogP contribution in [0.3, 0.4) is 0 Å². The average Bonchev–Trinajstić information content (AvgIpc) is 2.92. The van der Waals surface area contributed by atoms with Crippen LogP contribution >= 0.6 is 0 Å². The lowest BCUT2D eigenvalue weighted by atomic mass is 10.1. The highest BCUT2D eigenvalue weighted by Gasteiger charge is 2.09. The minimum absolute atomic E-state index is 0.346.